The van der Waals surface area contributed by atoms with Crippen molar-refractivity contribution in [2.24, 2.45) is 0 Å². The van der Waals surface area contributed by atoms with Crippen LogP contribution in [0.2, 0.25) is 0 Å². The van der Waals surface area contributed by atoms with Crippen LogP contribution in [-0.2, 0) is 0 Å². The predicted molar refractivity (Wildman–Crippen MR) is 147 cm³/mol. The van der Waals surface area contributed by atoms with Crippen LogP contribution in [-0.4, -0.2) is 0 Å². The molecule has 0 nitrogen and oxygen atoms in total. The van der Waals surface area contributed by atoms with Crippen LogP contribution in [0.3, 0.4) is 0 Å². The van der Waals surface area contributed by atoms with E-state index in [1.54, 1.807) is 0 Å². The van der Waals surface area contributed by atoms with E-state index in [1.165, 1.54) is 65.3 Å². The highest BCUT2D eigenvalue weighted by molar-refractivity contribution is 6.17. The molecule has 7 rings (SSSR count). The maximum Gasteiger partial charge on any atom is -0.00987 e. The van der Waals surface area contributed by atoms with Crippen LogP contribution in [0.15, 0.2) is 133 Å². The molecule has 0 saturated heterocycles. The molecule has 7 aromatic carbocycles. The highest BCUT2D eigenvalue weighted by Crippen LogP contribution is 2.35. The summed E-state index contributed by atoms with van der Waals surface area (Å²) < 4.78 is 0. The third kappa shape index (κ3) is 3.00. The normalized spacial score (nSPS) is 11.5. The molecule has 7 aromatic rings. The first-order chi connectivity index (χ1) is 16.8. The zero-order valence-corrected chi connectivity index (χ0v) is 18.7. The molecule has 0 saturated carbocycles. The maximum atomic E-state index is 2.35. The second-order valence-electron chi connectivity index (χ2n) is 8.99. The Morgan fingerprint density at radius 1 is 0.265 bits per heavy atom. The van der Waals surface area contributed by atoms with Crippen LogP contribution in [0, 0.1) is 0 Å². The molecular formula is C34H22. The summed E-state index contributed by atoms with van der Waals surface area (Å²) in [4.78, 5) is 0. The first-order valence-corrected chi connectivity index (χ1v) is 11.8. The van der Waals surface area contributed by atoms with E-state index in [0.29, 0.717) is 0 Å². The Morgan fingerprint density at radius 2 is 0.794 bits per heavy atom. The van der Waals surface area contributed by atoms with Crippen molar-refractivity contribution >= 4 is 43.1 Å². The van der Waals surface area contributed by atoms with Crippen molar-refractivity contribution in [3.05, 3.63) is 133 Å². The molecule has 0 aliphatic carbocycles. The van der Waals surface area contributed by atoms with Crippen LogP contribution >= 0.6 is 0 Å². The van der Waals surface area contributed by atoms with Crippen molar-refractivity contribution < 1.29 is 0 Å². The SMILES string of the molecule is c1ccc2c(-c3ccc(-c4ccc5ccc6c7ccccc7ccc6c5c4)cc3)cccc2c1. The standard InChI is InChI=1S/C34H22/c1-3-9-29-24(6-1)8-5-11-30(29)26-14-12-23(13-15-26)28-17-16-27-19-20-32-31-10-4-2-7-25(31)18-21-33(32)34(27)22-28/h1-22H. The van der Waals surface area contributed by atoms with E-state index in [-0.39, 0.29) is 0 Å². The Kier molecular flexibility index (Phi) is 4.25. The third-order valence-electron chi connectivity index (χ3n) is 7.06. The Labute approximate surface area is 198 Å². The first-order valence-electron chi connectivity index (χ1n) is 11.8. The fraction of sp³-hybridized carbons (Fsp3) is 0. The van der Waals surface area contributed by atoms with E-state index < -0.39 is 0 Å². The van der Waals surface area contributed by atoms with E-state index in [0.717, 1.165) is 0 Å². The van der Waals surface area contributed by atoms with Crippen molar-refractivity contribution in [3.63, 3.8) is 0 Å². The van der Waals surface area contributed by atoms with Crippen molar-refractivity contribution in [2.45, 2.75) is 0 Å². The highest BCUT2D eigenvalue weighted by Gasteiger charge is 2.08. The van der Waals surface area contributed by atoms with E-state index >= 15 is 0 Å². The van der Waals surface area contributed by atoms with Gasteiger partial charge in [-0.15, -0.1) is 0 Å². The lowest BCUT2D eigenvalue weighted by Gasteiger charge is -2.11. The Bertz CT molecular complexity index is 1830. The Morgan fingerprint density at radius 3 is 1.59 bits per heavy atom. The highest BCUT2D eigenvalue weighted by atomic mass is 14.1. The minimum absolute atomic E-state index is 1.24. The van der Waals surface area contributed by atoms with Gasteiger partial charge in [0.25, 0.3) is 0 Å². The monoisotopic (exact) mass is 430 g/mol. The molecular weight excluding hydrogens is 408 g/mol. The summed E-state index contributed by atoms with van der Waals surface area (Å²) in [6.45, 7) is 0. The van der Waals surface area contributed by atoms with Gasteiger partial charge in [0.1, 0.15) is 0 Å². The summed E-state index contributed by atoms with van der Waals surface area (Å²) in [7, 11) is 0. The number of hydrogen-bond donors (Lipinski definition) is 0. The number of hydrogen-bond acceptors (Lipinski definition) is 0. The van der Waals surface area contributed by atoms with Crippen molar-refractivity contribution in [1.82, 2.24) is 0 Å². The molecule has 0 radical (unpaired) electrons. The van der Waals surface area contributed by atoms with Gasteiger partial charge in [0, 0.05) is 0 Å². The van der Waals surface area contributed by atoms with Gasteiger partial charge in [0.05, 0.1) is 0 Å². The topological polar surface area (TPSA) is 0 Å². The van der Waals surface area contributed by atoms with E-state index in [1.807, 2.05) is 0 Å². The second-order valence-corrected chi connectivity index (χ2v) is 8.99. The molecule has 0 fully saturated rings. The molecule has 34 heavy (non-hydrogen) atoms. The summed E-state index contributed by atoms with van der Waals surface area (Å²) in [6, 6.07) is 48.6. The molecule has 0 spiro atoms. The molecule has 0 unspecified atom stereocenters. The van der Waals surface area contributed by atoms with Gasteiger partial charge in [-0.05, 0) is 71.4 Å². The molecule has 0 heterocycles. The molecule has 0 heteroatoms. The summed E-state index contributed by atoms with van der Waals surface area (Å²) in [5, 5.41) is 10.4. The molecule has 0 bridgehead atoms. The number of benzene rings is 7. The third-order valence-corrected chi connectivity index (χ3v) is 7.06. The summed E-state index contributed by atoms with van der Waals surface area (Å²) >= 11 is 0. The number of rotatable bonds is 2. The fourth-order valence-electron chi connectivity index (χ4n) is 5.32. The first kappa shape index (κ1) is 19.1. The lowest BCUT2D eigenvalue weighted by atomic mass is 9.93. The molecule has 0 aromatic heterocycles. The van der Waals surface area contributed by atoms with Gasteiger partial charge in [-0.25, -0.2) is 0 Å². The lowest BCUT2D eigenvalue weighted by Crippen LogP contribution is -1.84. The second kappa shape index (κ2) is 7.57. The largest absolute Gasteiger partial charge is 0.0616 e. The van der Waals surface area contributed by atoms with Gasteiger partial charge < -0.3 is 0 Å². The van der Waals surface area contributed by atoms with E-state index in [2.05, 4.69) is 133 Å². The Hall–Kier alpha value is -4.42. The fourth-order valence-corrected chi connectivity index (χ4v) is 5.32. The molecule has 158 valence electrons. The average molecular weight is 431 g/mol. The van der Waals surface area contributed by atoms with Gasteiger partial charge in [-0.1, -0.05) is 127 Å². The zero-order chi connectivity index (χ0) is 22.5. The van der Waals surface area contributed by atoms with E-state index in [9.17, 15) is 0 Å². The van der Waals surface area contributed by atoms with Crippen molar-refractivity contribution in [1.29, 1.82) is 0 Å². The molecule has 0 aliphatic rings. The summed E-state index contributed by atoms with van der Waals surface area (Å²) in [5.74, 6) is 0. The molecule has 0 atom stereocenters. The van der Waals surface area contributed by atoms with Gasteiger partial charge in [0.15, 0.2) is 0 Å². The summed E-state index contributed by atoms with van der Waals surface area (Å²) in [5.41, 5.74) is 5.01. The molecule has 0 amide bonds. The van der Waals surface area contributed by atoms with Crippen LogP contribution in [0.5, 0.6) is 0 Å². The van der Waals surface area contributed by atoms with E-state index in [4.69, 9.17) is 0 Å². The van der Waals surface area contributed by atoms with Gasteiger partial charge in [0.2, 0.25) is 0 Å². The zero-order valence-electron chi connectivity index (χ0n) is 18.7. The minimum atomic E-state index is 1.24. The van der Waals surface area contributed by atoms with Crippen LogP contribution in [0.4, 0.5) is 0 Å². The number of fused-ring (bicyclic) bond motifs is 6. The van der Waals surface area contributed by atoms with Crippen LogP contribution in [0.1, 0.15) is 0 Å². The van der Waals surface area contributed by atoms with Gasteiger partial charge in [-0.3, -0.25) is 0 Å². The van der Waals surface area contributed by atoms with Gasteiger partial charge in [-0.2, -0.15) is 0 Å². The Balaban J connectivity index is 1.35. The van der Waals surface area contributed by atoms with Crippen LogP contribution < -0.4 is 0 Å². The molecule has 0 aliphatic heterocycles. The van der Waals surface area contributed by atoms with Crippen molar-refractivity contribution in [3.8, 4) is 22.3 Å². The minimum Gasteiger partial charge on any atom is -0.0616 e. The smallest absolute Gasteiger partial charge is 0.00987 e. The van der Waals surface area contributed by atoms with Crippen LogP contribution in [0.25, 0.3) is 65.3 Å². The summed E-state index contributed by atoms with van der Waals surface area (Å²) in [6.07, 6.45) is 0. The predicted octanol–water partition coefficient (Wildman–Crippen LogP) is 9.63. The molecule has 0 N–H and O–H groups in total. The van der Waals surface area contributed by atoms with Crippen molar-refractivity contribution in [2.75, 3.05) is 0 Å². The average Bonchev–Trinajstić information content (AvgIpc) is 2.92. The maximum absolute atomic E-state index is 2.35. The quantitative estimate of drug-likeness (QED) is 0.239. The van der Waals surface area contributed by atoms with Gasteiger partial charge >= 0.3 is 0 Å². The lowest BCUT2D eigenvalue weighted by molar-refractivity contribution is 1.62.